The van der Waals surface area contributed by atoms with Crippen LogP contribution in [0.25, 0.3) is 0 Å². The lowest BCUT2D eigenvalue weighted by atomic mass is 9.92. The Hall–Kier alpha value is -3.78. The van der Waals surface area contributed by atoms with E-state index in [1.807, 2.05) is 25.1 Å². The van der Waals surface area contributed by atoms with Crippen LogP contribution in [-0.2, 0) is 9.53 Å². The van der Waals surface area contributed by atoms with Crippen LogP contribution in [-0.4, -0.2) is 17.1 Å². The van der Waals surface area contributed by atoms with Gasteiger partial charge in [-0.3, -0.25) is 10.1 Å². The number of nitrogens with one attached hydrogen (secondary N) is 2. The van der Waals surface area contributed by atoms with Gasteiger partial charge in [0.25, 0.3) is 0 Å². The zero-order valence-corrected chi connectivity index (χ0v) is 20.9. The Morgan fingerprint density at radius 2 is 1.77 bits per heavy atom. The standard InChI is InChI=1S/C27H28BrN3O4/c1-18(9-5-8-14-25(33)31-23-13-7-6-12-22(23)29)26(21-17-19(28)15-16-24(21)32)35-27(34)30-20-10-3-2-4-11-20/h2-4,6-8,10-18,26,32H,5,9,29H2,1H3,(H,30,34)(H,31,33)/b14-8+/t18-,26-/m1/s1. The van der Waals surface area contributed by atoms with E-state index < -0.39 is 12.2 Å². The van der Waals surface area contributed by atoms with Crippen LogP contribution in [0.4, 0.5) is 21.9 Å². The Bertz CT molecular complexity index is 1180. The predicted octanol–water partition coefficient (Wildman–Crippen LogP) is 6.64. The number of carbonyl (C=O) groups excluding carboxylic acids is 2. The molecule has 2 atom stereocenters. The van der Waals surface area contributed by atoms with Crippen molar-refractivity contribution in [2.75, 3.05) is 16.4 Å². The number of phenolic OH excluding ortho intramolecular Hbond substituents is 1. The molecule has 0 aliphatic heterocycles. The number of hydrogen-bond donors (Lipinski definition) is 4. The van der Waals surface area contributed by atoms with Gasteiger partial charge in [-0.25, -0.2) is 4.79 Å². The van der Waals surface area contributed by atoms with E-state index in [-0.39, 0.29) is 17.6 Å². The second-order valence-electron chi connectivity index (χ2n) is 8.05. The number of halogens is 1. The Morgan fingerprint density at radius 1 is 1.06 bits per heavy atom. The minimum absolute atomic E-state index is 0.0351. The number of phenols is 1. The van der Waals surface area contributed by atoms with Crippen LogP contribution in [0.2, 0.25) is 0 Å². The van der Waals surface area contributed by atoms with E-state index in [4.69, 9.17) is 10.5 Å². The molecule has 3 aromatic rings. The molecule has 5 N–H and O–H groups in total. The summed E-state index contributed by atoms with van der Waals surface area (Å²) in [5, 5.41) is 15.9. The molecular weight excluding hydrogens is 510 g/mol. The van der Waals surface area contributed by atoms with Crippen LogP contribution in [0.3, 0.4) is 0 Å². The maximum absolute atomic E-state index is 12.6. The van der Waals surface area contributed by atoms with Gasteiger partial charge in [-0.15, -0.1) is 0 Å². The smallest absolute Gasteiger partial charge is 0.412 e. The fraction of sp³-hybridized carbons (Fsp3) is 0.185. The van der Waals surface area contributed by atoms with Gasteiger partial charge in [0.15, 0.2) is 0 Å². The van der Waals surface area contributed by atoms with Gasteiger partial charge in [0.05, 0.1) is 11.4 Å². The van der Waals surface area contributed by atoms with Crippen LogP contribution in [0, 0.1) is 5.92 Å². The van der Waals surface area contributed by atoms with E-state index in [2.05, 4.69) is 26.6 Å². The number of carbonyl (C=O) groups is 2. The van der Waals surface area contributed by atoms with Crippen molar-refractivity contribution in [1.29, 1.82) is 0 Å². The molecule has 182 valence electrons. The van der Waals surface area contributed by atoms with Crippen molar-refractivity contribution >= 4 is 45.0 Å². The lowest BCUT2D eigenvalue weighted by molar-refractivity contribution is -0.111. The fourth-order valence-corrected chi connectivity index (χ4v) is 3.89. The highest BCUT2D eigenvalue weighted by molar-refractivity contribution is 9.10. The van der Waals surface area contributed by atoms with Crippen LogP contribution >= 0.6 is 15.9 Å². The molecule has 0 saturated heterocycles. The number of nitrogens with two attached hydrogens (primary N) is 1. The number of benzene rings is 3. The first kappa shape index (κ1) is 25.8. The molecular formula is C27H28BrN3O4. The number of aromatic hydroxyl groups is 1. The number of amides is 2. The highest BCUT2D eigenvalue weighted by Crippen LogP contribution is 2.36. The third-order valence-electron chi connectivity index (χ3n) is 5.34. The number of ether oxygens (including phenoxy) is 1. The molecule has 0 aliphatic carbocycles. The van der Waals surface area contributed by atoms with Gasteiger partial charge >= 0.3 is 6.09 Å². The molecule has 0 radical (unpaired) electrons. The van der Waals surface area contributed by atoms with Gasteiger partial charge in [0.1, 0.15) is 11.9 Å². The number of para-hydroxylation sites is 3. The highest BCUT2D eigenvalue weighted by atomic mass is 79.9. The Morgan fingerprint density at radius 3 is 2.51 bits per heavy atom. The lowest BCUT2D eigenvalue weighted by Crippen LogP contribution is -2.22. The van der Waals surface area contributed by atoms with Crippen molar-refractivity contribution < 1.29 is 19.4 Å². The predicted molar refractivity (Wildman–Crippen MR) is 142 cm³/mol. The Balaban J connectivity index is 1.64. The number of nitrogen functional groups attached to an aromatic ring is 1. The van der Waals surface area contributed by atoms with Crippen molar-refractivity contribution in [2.24, 2.45) is 5.92 Å². The molecule has 3 aromatic carbocycles. The van der Waals surface area contributed by atoms with E-state index in [1.165, 1.54) is 6.08 Å². The summed E-state index contributed by atoms with van der Waals surface area (Å²) in [6.45, 7) is 1.93. The third kappa shape index (κ3) is 7.89. The second kappa shape index (κ2) is 12.6. The molecule has 3 rings (SSSR count). The molecule has 0 bridgehead atoms. The summed E-state index contributed by atoms with van der Waals surface area (Å²) < 4.78 is 6.52. The number of allylic oxidation sites excluding steroid dienone is 1. The summed E-state index contributed by atoms with van der Waals surface area (Å²) in [6.07, 6.45) is 3.05. The maximum atomic E-state index is 12.6. The third-order valence-corrected chi connectivity index (χ3v) is 5.84. The average molecular weight is 538 g/mol. The Kier molecular flexibility index (Phi) is 9.31. The minimum atomic E-state index is -0.706. The van der Waals surface area contributed by atoms with Crippen LogP contribution in [0.15, 0.2) is 89.4 Å². The molecule has 2 amide bonds. The van der Waals surface area contributed by atoms with E-state index in [0.717, 1.165) is 4.47 Å². The van der Waals surface area contributed by atoms with Crippen molar-refractivity contribution in [2.45, 2.75) is 25.9 Å². The molecule has 0 aromatic heterocycles. The van der Waals surface area contributed by atoms with Gasteiger partial charge < -0.3 is 20.9 Å². The normalized spacial score (nSPS) is 12.6. The molecule has 0 unspecified atom stereocenters. The zero-order chi connectivity index (χ0) is 25.2. The quantitative estimate of drug-likeness (QED) is 0.180. The molecule has 0 saturated carbocycles. The van der Waals surface area contributed by atoms with Crippen molar-refractivity contribution in [1.82, 2.24) is 0 Å². The number of anilines is 3. The van der Waals surface area contributed by atoms with E-state index >= 15 is 0 Å². The highest BCUT2D eigenvalue weighted by Gasteiger charge is 2.26. The zero-order valence-electron chi connectivity index (χ0n) is 19.3. The molecule has 8 heteroatoms. The molecule has 35 heavy (non-hydrogen) atoms. The monoisotopic (exact) mass is 537 g/mol. The first-order chi connectivity index (χ1) is 16.8. The van der Waals surface area contributed by atoms with Gasteiger partial charge in [-0.05, 0) is 67.3 Å². The summed E-state index contributed by atoms with van der Waals surface area (Å²) in [7, 11) is 0. The molecule has 0 fully saturated rings. The molecule has 0 heterocycles. The minimum Gasteiger partial charge on any atom is -0.508 e. The van der Waals surface area contributed by atoms with Gasteiger partial charge in [-0.2, -0.15) is 0 Å². The van der Waals surface area contributed by atoms with Gasteiger partial charge in [0, 0.05) is 15.7 Å². The first-order valence-corrected chi connectivity index (χ1v) is 12.0. The van der Waals surface area contributed by atoms with Crippen LogP contribution in [0.5, 0.6) is 5.75 Å². The molecule has 7 nitrogen and oxygen atoms in total. The molecule has 0 spiro atoms. The Labute approximate surface area is 213 Å². The van der Waals surface area contributed by atoms with E-state index in [9.17, 15) is 14.7 Å². The summed E-state index contributed by atoms with van der Waals surface area (Å²) >= 11 is 3.41. The van der Waals surface area contributed by atoms with Crippen molar-refractivity contribution in [3.05, 3.63) is 95.0 Å². The van der Waals surface area contributed by atoms with Gasteiger partial charge in [0.2, 0.25) is 5.91 Å². The number of rotatable bonds is 9. The maximum Gasteiger partial charge on any atom is 0.412 e. The fourth-order valence-electron chi connectivity index (χ4n) is 3.51. The van der Waals surface area contributed by atoms with Crippen molar-refractivity contribution in [3.63, 3.8) is 0 Å². The van der Waals surface area contributed by atoms with Crippen LogP contribution in [0.1, 0.15) is 31.4 Å². The first-order valence-electron chi connectivity index (χ1n) is 11.2. The second-order valence-corrected chi connectivity index (χ2v) is 8.97. The SMILES string of the molecule is C[C@H](CC/C=C/C(=O)Nc1ccccc1N)[C@@H](OC(=O)Nc1ccccc1)c1cc(Br)ccc1O. The average Bonchev–Trinajstić information content (AvgIpc) is 2.84. The van der Waals surface area contributed by atoms with Gasteiger partial charge in [-0.1, -0.05) is 59.3 Å². The summed E-state index contributed by atoms with van der Waals surface area (Å²) in [4.78, 5) is 24.8. The summed E-state index contributed by atoms with van der Waals surface area (Å²) in [5.41, 5.74) is 8.00. The topological polar surface area (TPSA) is 114 Å². The van der Waals surface area contributed by atoms with E-state index in [0.29, 0.717) is 35.5 Å². The lowest BCUT2D eigenvalue weighted by Gasteiger charge is -2.25. The van der Waals surface area contributed by atoms with Crippen LogP contribution < -0.4 is 16.4 Å². The molecule has 0 aliphatic rings. The van der Waals surface area contributed by atoms with Crippen molar-refractivity contribution in [3.8, 4) is 5.75 Å². The number of hydrogen-bond acceptors (Lipinski definition) is 5. The summed E-state index contributed by atoms with van der Waals surface area (Å²) in [6, 6.07) is 21.0. The largest absolute Gasteiger partial charge is 0.508 e. The summed E-state index contributed by atoms with van der Waals surface area (Å²) in [5.74, 6) is -0.405. The van der Waals surface area contributed by atoms with E-state index in [1.54, 1.807) is 60.7 Å².